The Morgan fingerprint density at radius 2 is 1.69 bits per heavy atom. The predicted molar refractivity (Wildman–Crippen MR) is 114 cm³/mol. The molecule has 1 atom stereocenters. The van der Waals surface area contributed by atoms with Crippen LogP contribution in [0.4, 0.5) is 0 Å². The van der Waals surface area contributed by atoms with Crippen molar-refractivity contribution >= 4 is 13.6 Å². The first-order chi connectivity index (χ1) is 13.2. The van der Waals surface area contributed by atoms with Gasteiger partial charge in [-0.1, -0.05) is 0 Å². The summed E-state index contributed by atoms with van der Waals surface area (Å²) >= 11 is 2.32. The van der Waals surface area contributed by atoms with E-state index in [9.17, 15) is 0 Å². The fourth-order valence-corrected chi connectivity index (χ4v) is 11.8. The number of rotatable bonds is 5. The van der Waals surface area contributed by atoms with Gasteiger partial charge in [0.05, 0.1) is 0 Å². The number of hydrogen-bond donors (Lipinski definition) is 0. The molecule has 1 unspecified atom stereocenters. The van der Waals surface area contributed by atoms with Crippen molar-refractivity contribution in [2.75, 3.05) is 0 Å². The molecule has 1 fully saturated rings. The summed E-state index contributed by atoms with van der Waals surface area (Å²) in [5.74, 6) is 0. The Hall–Kier alpha value is -0.569. The van der Waals surface area contributed by atoms with Crippen LogP contribution in [0.1, 0.15) is 54.8 Å². The van der Waals surface area contributed by atoms with E-state index in [1.807, 2.05) is 0 Å². The summed E-state index contributed by atoms with van der Waals surface area (Å²) in [6.07, 6.45) is 10.1. The smallest absolute Gasteiger partial charge is 1.00 e. The zero-order chi connectivity index (χ0) is 18.4. The molecule has 5 rings (SSSR count). The fourth-order valence-electron chi connectivity index (χ4n) is 5.73. The molecule has 1 aliphatic heterocycles. The first kappa shape index (κ1) is 23.1. The van der Waals surface area contributed by atoms with E-state index in [1.54, 1.807) is 11.1 Å². The Bertz CT molecular complexity index is 959. The molecule has 0 saturated carbocycles. The van der Waals surface area contributed by atoms with Crippen LogP contribution in [0.2, 0.25) is 18.1 Å². The van der Waals surface area contributed by atoms with Gasteiger partial charge in [-0.15, -0.1) is 0 Å². The molecule has 3 aliphatic rings. The number of halogens is 2. The van der Waals surface area contributed by atoms with Gasteiger partial charge in [0.1, 0.15) is 0 Å². The second-order valence-corrected chi connectivity index (χ2v) is 14.3. The van der Waals surface area contributed by atoms with Crippen molar-refractivity contribution in [3.63, 3.8) is 0 Å². The van der Waals surface area contributed by atoms with E-state index in [0.29, 0.717) is 0 Å². The number of unbranched alkanes of at least 4 members (excludes halogenated alkanes) is 1. The van der Waals surface area contributed by atoms with E-state index < -0.39 is 8.07 Å². The van der Waals surface area contributed by atoms with E-state index in [1.165, 1.54) is 63.5 Å². The van der Waals surface area contributed by atoms with E-state index in [0.717, 1.165) is 12.0 Å². The maximum absolute atomic E-state index is 2.45. The molecule has 0 spiro atoms. The van der Waals surface area contributed by atoms with Crippen LogP contribution in [0, 0.1) is 0 Å². The van der Waals surface area contributed by atoms with Gasteiger partial charge in [0.25, 0.3) is 0 Å². The summed E-state index contributed by atoms with van der Waals surface area (Å²) < 4.78 is 1.54. The fraction of sp³-hybridized carbons (Fsp3) is 0.360. The molecule has 0 bridgehead atoms. The van der Waals surface area contributed by atoms with Crippen molar-refractivity contribution in [2.45, 2.75) is 56.3 Å². The van der Waals surface area contributed by atoms with E-state index >= 15 is 0 Å². The zero-order valence-corrected chi connectivity index (χ0v) is 21.1. The third kappa shape index (κ3) is 3.68. The van der Waals surface area contributed by atoms with E-state index in [-0.39, 0.29) is 24.8 Å². The van der Waals surface area contributed by atoms with E-state index in [2.05, 4.69) is 82.0 Å². The van der Waals surface area contributed by atoms with Crippen LogP contribution in [-0.2, 0) is 20.4 Å². The van der Waals surface area contributed by atoms with Gasteiger partial charge in [-0.2, -0.15) is 0 Å². The largest absolute Gasteiger partial charge is 1.00 e. The van der Waals surface area contributed by atoms with Crippen LogP contribution in [0.5, 0.6) is 0 Å². The molecule has 1 saturated heterocycles. The first-order valence-corrected chi connectivity index (χ1v) is 14.1. The van der Waals surface area contributed by atoms with Gasteiger partial charge in [0, 0.05) is 0 Å². The van der Waals surface area contributed by atoms with Crippen LogP contribution >= 0.6 is 0 Å². The number of fused-ring (bicyclic) bond motifs is 3. The topological polar surface area (TPSA) is 0 Å². The van der Waals surface area contributed by atoms with Crippen molar-refractivity contribution in [1.29, 1.82) is 0 Å². The first-order valence-electron chi connectivity index (χ1n) is 10.6. The van der Waals surface area contributed by atoms with Gasteiger partial charge in [-0.25, -0.2) is 0 Å². The van der Waals surface area contributed by atoms with Crippen LogP contribution in [0.25, 0.3) is 16.7 Å². The molecule has 0 radical (unpaired) electrons. The van der Waals surface area contributed by atoms with Crippen molar-refractivity contribution < 1.29 is 45.2 Å². The third-order valence-electron chi connectivity index (χ3n) is 7.17. The molecule has 1 heterocycles. The molecule has 0 aromatic heterocycles. The van der Waals surface area contributed by atoms with Gasteiger partial charge < -0.3 is 24.8 Å². The number of allylic oxidation sites excluding steroid dienone is 4. The maximum atomic E-state index is 2.45. The SMILES string of the molecule is CCCC[Si]1(C2c3ccccc3-c3cccc(C4=[C]([Ti+2])CC=C4)c32)CCC1.[Cl-].[Cl-]. The second-order valence-electron chi connectivity index (χ2n) is 8.61. The van der Waals surface area contributed by atoms with Gasteiger partial charge in [-0.05, 0) is 0 Å². The van der Waals surface area contributed by atoms with Gasteiger partial charge in [0.15, 0.2) is 0 Å². The Labute approximate surface area is 200 Å². The Morgan fingerprint density at radius 1 is 0.966 bits per heavy atom. The molecule has 149 valence electrons. The van der Waals surface area contributed by atoms with Gasteiger partial charge in [-0.3, -0.25) is 0 Å². The normalized spacial score (nSPS) is 20.4. The quantitative estimate of drug-likeness (QED) is 0.572. The Kier molecular flexibility index (Phi) is 7.40. The van der Waals surface area contributed by atoms with Gasteiger partial charge >= 0.3 is 177 Å². The Morgan fingerprint density at radius 3 is 2.34 bits per heavy atom. The summed E-state index contributed by atoms with van der Waals surface area (Å²) in [4.78, 5) is 0. The molecule has 2 aliphatic carbocycles. The van der Waals surface area contributed by atoms with Crippen LogP contribution in [-0.4, -0.2) is 8.07 Å². The average molecular weight is 474 g/mol. The zero-order valence-electron chi connectivity index (χ0n) is 17.0. The molecule has 2 aromatic rings. The summed E-state index contributed by atoms with van der Waals surface area (Å²) in [7, 11) is -1.28. The summed E-state index contributed by atoms with van der Waals surface area (Å²) in [5.41, 5.74) is 10.2. The maximum Gasteiger partial charge on any atom is -1.00 e. The van der Waals surface area contributed by atoms with Crippen molar-refractivity contribution in [1.82, 2.24) is 0 Å². The summed E-state index contributed by atoms with van der Waals surface area (Å²) in [5, 5.41) is 0. The van der Waals surface area contributed by atoms with Crippen molar-refractivity contribution in [3.8, 4) is 11.1 Å². The molecule has 0 amide bonds. The Balaban J connectivity index is 0.00000120. The third-order valence-corrected chi connectivity index (χ3v) is 13.8. The van der Waals surface area contributed by atoms with Gasteiger partial charge in [0.2, 0.25) is 0 Å². The molecule has 4 heteroatoms. The minimum atomic E-state index is -1.28. The standard InChI is InChI=1S/C25H27Si.2ClH.Ti/c1-2-3-16-26(17-9-18-26)25-23-13-7-6-12-21(23)22-15-8-14-20(24(22)25)19-10-4-5-11-19;;;/h4,6-8,10,12-15,25H,2-3,5,9,16-18H2,1H3;2*1H;/q;;;+2/p-2. The van der Waals surface area contributed by atoms with E-state index in [4.69, 9.17) is 0 Å². The molecule has 29 heavy (non-hydrogen) atoms. The van der Waals surface area contributed by atoms with Crippen molar-refractivity contribution in [3.05, 3.63) is 75.2 Å². The van der Waals surface area contributed by atoms with Crippen LogP contribution in [0.3, 0.4) is 0 Å². The summed E-state index contributed by atoms with van der Waals surface area (Å²) in [6.45, 7) is 2.36. The molecule has 0 nitrogen and oxygen atoms in total. The molecular weight excluding hydrogens is 447 g/mol. The van der Waals surface area contributed by atoms with Crippen molar-refractivity contribution in [2.24, 2.45) is 0 Å². The number of hydrogen-bond acceptors (Lipinski definition) is 0. The average Bonchev–Trinajstić information content (AvgIpc) is 3.23. The molecule has 0 N–H and O–H groups in total. The summed E-state index contributed by atoms with van der Waals surface area (Å²) in [6, 6.07) is 21.0. The predicted octanol–water partition coefficient (Wildman–Crippen LogP) is 1.22. The minimum absolute atomic E-state index is 0. The number of benzene rings is 2. The second kappa shape index (κ2) is 9.28. The molecule has 2 aromatic carbocycles. The monoisotopic (exact) mass is 473 g/mol. The minimum Gasteiger partial charge on any atom is -1.00 e. The van der Waals surface area contributed by atoms with Crippen LogP contribution < -0.4 is 24.8 Å². The van der Waals surface area contributed by atoms with Crippen LogP contribution in [0.15, 0.2) is 58.5 Å². The molecular formula is C25H27Cl2SiTi.